The molecule has 86 valence electrons. The normalized spacial score (nSPS) is 9.81. The molecule has 0 radical (unpaired) electrons. The molecule has 1 rings (SSSR count). The van der Waals surface area contributed by atoms with E-state index < -0.39 is 11.6 Å². The largest absolute Gasteiger partial charge is 0.493 e. The molecule has 0 spiro atoms. The minimum atomic E-state index is -0.901. The van der Waals surface area contributed by atoms with E-state index in [1.165, 1.54) is 6.07 Å². The third-order valence-electron chi connectivity index (χ3n) is 2.09. The van der Waals surface area contributed by atoms with Crippen LogP contribution in [0.25, 0.3) is 0 Å². The maximum absolute atomic E-state index is 12.8. The van der Waals surface area contributed by atoms with Crippen LogP contribution in [-0.4, -0.2) is 6.61 Å². The van der Waals surface area contributed by atoms with Crippen LogP contribution in [0, 0.1) is 23.0 Å². The summed E-state index contributed by atoms with van der Waals surface area (Å²) in [6.07, 6.45) is 3.10. The van der Waals surface area contributed by atoms with Crippen LogP contribution in [0.15, 0.2) is 18.2 Å². The lowest BCUT2D eigenvalue weighted by Crippen LogP contribution is -1.98. The first-order valence-corrected chi connectivity index (χ1v) is 5.19. The van der Waals surface area contributed by atoms with Crippen molar-refractivity contribution in [1.29, 1.82) is 5.26 Å². The van der Waals surface area contributed by atoms with E-state index in [2.05, 4.69) is 6.07 Å². The zero-order valence-electron chi connectivity index (χ0n) is 8.88. The minimum Gasteiger partial charge on any atom is -0.493 e. The van der Waals surface area contributed by atoms with Crippen molar-refractivity contribution in [3.63, 3.8) is 0 Å². The fraction of sp³-hybridized carbons (Fsp3) is 0.417. The Morgan fingerprint density at radius 1 is 1.12 bits per heavy atom. The predicted octanol–water partition coefficient (Wildman–Crippen LogP) is 3.43. The number of nitrogens with zero attached hydrogens (tertiary/aromatic N) is 1. The van der Waals surface area contributed by atoms with Gasteiger partial charge in [0.15, 0.2) is 11.6 Å². The van der Waals surface area contributed by atoms with Crippen molar-refractivity contribution in [2.75, 3.05) is 6.61 Å². The van der Waals surface area contributed by atoms with Gasteiger partial charge in [-0.3, -0.25) is 0 Å². The zero-order valence-corrected chi connectivity index (χ0v) is 8.88. The minimum absolute atomic E-state index is 0.333. The van der Waals surface area contributed by atoms with E-state index >= 15 is 0 Å². The molecule has 0 fully saturated rings. The third-order valence-corrected chi connectivity index (χ3v) is 2.09. The van der Waals surface area contributed by atoms with E-state index in [-0.39, 0.29) is 0 Å². The zero-order chi connectivity index (χ0) is 11.8. The standard InChI is InChI=1S/C12H13F2NO/c13-11-6-5-10(9-12(11)14)16-8-4-2-1-3-7-15/h5-6,9H,1-4,8H2. The number of halogens is 2. The number of hydrogen-bond acceptors (Lipinski definition) is 2. The maximum atomic E-state index is 12.8. The second-order valence-electron chi connectivity index (χ2n) is 3.39. The van der Waals surface area contributed by atoms with E-state index in [9.17, 15) is 8.78 Å². The van der Waals surface area contributed by atoms with Crippen molar-refractivity contribution in [3.8, 4) is 11.8 Å². The van der Waals surface area contributed by atoms with E-state index in [4.69, 9.17) is 10.00 Å². The Morgan fingerprint density at radius 2 is 1.94 bits per heavy atom. The predicted molar refractivity (Wildman–Crippen MR) is 55.9 cm³/mol. The van der Waals surface area contributed by atoms with Crippen molar-refractivity contribution >= 4 is 0 Å². The van der Waals surface area contributed by atoms with Gasteiger partial charge >= 0.3 is 0 Å². The summed E-state index contributed by atoms with van der Waals surface area (Å²) in [6, 6.07) is 5.53. The molecule has 0 aliphatic rings. The summed E-state index contributed by atoms with van der Waals surface area (Å²) in [4.78, 5) is 0. The second kappa shape index (κ2) is 6.78. The summed E-state index contributed by atoms with van der Waals surface area (Å²) in [6.45, 7) is 0.455. The molecule has 0 N–H and O–H groups in total. The van der Waals surface area contributed by atoms with Crippen LogP contribution in [0.4, 0.5) is 8.78 Å². The molecule has 0 aliphatic heterocycles. The lowest BCUT2D eigenvalue weighted by Gasteiger charge is -2.05. The highest BCUT2D eigenvalue weighted by Crippen LogP contribution is 2.15. The van der Waals surface area contributed by atoms with Crippen LogP contribution >= 0.6 is 0 Å². The second-order valence-corrected chi connectivity index (χ2v) is 3.39. The van der Waals surface area contributed by atoms with Gasteiger partial charge in [-0.25, -0.2) is 8.78 Å². The molecule has 16 heavy (non-hydrogen) atoms. The molecule has 0 aromatic heterocycles. The molecule has 1 aromatic rings. The molecule has 1 aromatic carbocycles. The van der Waals surface area contributed by atoms with Crippen molar-refractivity contribution < 1.29 is 13.5 Å². The summed E-state index contributed by atoms with van der Waals surface area (Å²) < 4.78 is 30.6. The molecule has 4 heteroatoms. The topological polar surface area (TPSA) is 33.0 Å². The Morgan fingerprint density at radius 3 is 2.62 bits per heavy atom. The molecule has 0 unspecified atom stereocenters. The van der Waals surface area contributed by atoms with E-state index in [0.717, 1.165) is 31.4 Å². The fourth-order valence-electron chi connectivity index (χ4n) is 1.24. The highest BCUT2D eigenvalue weighted by atomic mass is 19.2. The molecular weight excluding hydrogens is 212 g/mol. The number of hydrogen-bond donors (Lipinski definition) is 0. The number of ether oxygens (including phenoxy) is 1. The van der Waals surface area contributed by atoms with Crippen molar-refractivity contribution in [2.24, 2.45) is 0 Å². The fourth-order valence-corrected chi connectivity index (χ4v) is 1.24. The number of rotatable bonds is 6. The smallest absolute Gasteiger partial charge is 0.162 e. The van der Waals surface area contributed by atoms with Crippen molar-refractivity contribution in [2.45, 2.75) is 25.7 Å². The summed E-state index contributed by atoms with van der Waals surface area (Å²) in [5.74, 6) is -1.44. The van der Waals surface area contributed by atoms with E-state index in [1.54, 1.807) is 0 Å². The van der Waals surface area contributed by atoms with Gasteiger partial charge in [0.2, 0.25) is 0 Å². The Hall–Kier alpha value is -1.63. The van der Waals surface area contributed by atoms with Crippen molar-refractivity contribution in [1.82, 2.24) is 0 Å². The van der Waals surface area contributed by atoms with Crippen LogP contribution in [-0.2, 0) is 0 Å². The molecule has 0 heterocycles. The van der Waals surface area contributed by atoms with Crippen LogP contribution in [0.1, 0.15) is 25.7 Å². The quantitative estimate of drug-likeness (QED) is 0.695. The van der Waals surface area contributed by atoms with Gasteiger partial charge < -0.3 is 4.74 Å². The van der Waals surface area contributed by atoms with Gasteiger partial charge in [-0.15, -0.1) is 0 Å². The Labute approximate surface area is 93.5 Å². The Kier molecular flexibility index (Phi) is 5.27. The highest BCUT2D eigenvalue weighted by Gasteiger charge is 2.02. The average molecular weight is 225 g/mol. The van der Waals surface area contributed by atoms with Crippen LogP contribution in [0.3, 0.4) is 0 Å². The molecular formula is C12H13F2NO. The van der Waals surface area contributed by atoms with Gasteiger partial charge in [0, 0.05) is 12.5 Å². The molecule has 0 atom stereocenters. The first-order valence-electron chi connectivity index (χ1n) is 5.19. The molecule has 0 saturated heterocycles. The first kappa shape index (κ1) is 12.4. The van der Waals surface area contributed by atoms with Gasteiger partial charge in [0.25, 0.3) is 0 Å². The molecule has 0 bridgehead atoms. The molecule has 2 nitrogen and oxygen atoms in total. The average Bonchev–Trinajstić information content (AvgIpc) is 2.28. The summed E-state index contributed by atoms with van der Waals surface area (Å²) >= 11 is 0. The van der Waals surface area contributed by atoms with Gasteiger partial charge in [0.05, 0.1) is 12.7 Å². The van der Waals surface area contributed by atoms with Gasteiger partial charge in [-0.2, -0.15) is 5.26 Å². The van der Waals surface area contributed by atoms with E-state index in [0.29, 0.717) is 18.8 Å². The van der Waals surface area contributed by atoms with Crippen LogP contribution < -0.4 is 4.74 Å². The summed E-state index contributed by atoms with van der Waals surface area (Å²) in [7, 11) is 0. The number of nitriles is 1. The molecule has 0 aliphatic carbocycles. The number of benzene rings is 1. The lowest BCUT2D eigenvalue weighted by atomic mass is 10.2. The van der Waals surface area contributed by atoms with Gasteiger partial charge in [-0.1, -0.05) is 0 Å². The van der Waals surface area contributed by atoms with Crippen molar-refractivity contribution in [3.05, 3.63) is 29.8 Å². The monoisotopic (exact) mass is 225 g/mol. The maximum Gasteiger partial charge on any atom is 0.162 e. The number of unbranched alkanes of at least 4 members (excludes halogenated alkanes) is 3. The first-order chi connectivity index (χ1) is 7.74. The summed E-state index contributed by atoms with van der Waals surface area (Å²) in [5, 5.41) is 8.30. The van der Waals surface area contributed by atoms with Gasteiger partial charge in [0.1, 0.15) is 5.75 Å². The molecule has 0 saturated carbocycles. The van der Waals surface area contributed by atoms with E-state index in [1.807, 2.05) is 0 Å². The Bertz CT molecular complexity index is 374. The lowest BCUT2D eigenvalue weighted by molar-refractivity contribution is 0.303. The van der Waals surface area contributed by atoms with Crippen LogP contribution in [0.5, 0.6) is 5.75 Å². The highest BCUT2D eigenvalue weighted by molar-refractivity contribution is 5.23. The third kappa shape index (κ3) is 4.26. The SMILES string of the molecule is N#CCCCCCOc1ccc(F)c(F)c1. The summed E-state index contributed by atoms with van der Waals surface area (Å²) in [5.41, 5.74) is 0. The van der Waals surface area contributed by atoms with Crippen LogP contribution in [0.2, 0.25) is 0 Å². The Balaban J connectivity index is 2.22. The molecule has 0 amide bonds. The van der Waals surface area contributed by atoms with Gasteiger partial charge in [-0.05, 0) is 31.4 Å².